The fraction of sp³-hybridized carbons (Fsp3) is 0.526. The normalized spacial score (nSPS) is 25.9. The predicted octanol–water partition coefficient (Wildman–Crippen LogP) is 1.78. The Kier molecular flexibility index (Phi) is 5.12. The van der Waals surface area contributed by atoms with E-state index in [1.807, 2.05) is 24.5 Å². The van der Waals surface area contributed by atoms with Gasteiger partial charge in [0, 0.05) is 45.1 Å². The zero-order valence-electron chi connectivity index (χ0n) is 14.5. The Labute approximate surface area is 148 Å². The molecule has 25 heavy (non-hydrogen) atoms. The molecule has 2 fully saturated rings. The predicted molar refractivity (Wildman–Crippen MR) is 93.0 cm³/mol. The Morgan fingerprint density at radius 3 is 2.60 bits per heavy atom. The van der Waals surface area contributed by atoms with Gasteiger partial charge in [-0.3, -0.25) is 14.8 Å². The topological polar surface area (TPSA) is 51.0 Å². The molecule has 0 N–H and O–H groups in total. The minimum atomic E-state index is -0.269. The molecule has 2 saturated heterocycles. The summed E-state index contributed by atoms with van der Waals surface area (Å²) in [5, 5.41) is 0. The average molecular weight is 343 g/mol. The van der Waals surface area contributed by atoms with Crippen molar-refractivity contribution in [1.82, 2.24) is 14.8 Å². The molecule has 2 aliphatic rings. The Morgan fingerprint density at radius 2 is 1.80 bits per heavy atom. The lowest BCUT2D eigenvalue weighted by Gasteiger charge is -2.43. The van der Waals surface area contributed by atoms with Crippen molar-refractivity contribution in [2.45, 2.75) is 18.7 Å². The monoisotopic (exact) mass is 343 g/mol. The summed E-state index contributed by atoms with van der Waals surface area (Å²) in [5.74, 6) is 1.00. The van der Waals surface area contributed by atoms with Gasteiger partial charge in [-0.25, -0.2) is 0 Å². The van der Waals surface area contributed by atoms with Crippen molar-refractivity contribution in [2.75, 3.05) is 46.0 Å². The van der Waals surface area contributed by atoms with Crippen molar-refractivity contribution in [3.8, 4) is 0 Å². The van der Waals surface area contributed by atoms with Crippen LogP contribution in [0.2, 0.25) is 0 Å². The number of furan rings is 1. The molecule has 6 heteroatoms. The van der Waals surface area contributed by atoms with Gasteiger partial charge in [0.25, 0.3) is 0 Å². The zero-order chi connectivity index (χ0) is 17.0. The fourth-order valence-electron chi connectivity index (χ4n) is 3.73. The summed E-state index contributed by atoms with van der Waals surface area (Å²) in [5.41, 5.74) is 1.00. The van der Waals surface area contributed by atoms with Gasteiger partial charge in [-0.05, 0) is 29.8 Å². The van der Waals surface area contributed by atoms with E-state index in [1.165, 1.54) is 5.56 Å². The molecule has 2 aliphatic heterocycles. The number of ether oxygens (including phenoxy) is 2. The highest BCUT2D eigenvalue weighted by atomic mass is 16.5. The largest absolute Gasteiger partial charge is 0.468 e. The number of hydrogen-bond donors (Lipinski definition) is 0. The summed E-state index contributed by atoms with van der Waals surface area (Å²) < 4.78 is 17.7. The van der Waals surface area contributed by atoms with E-state index in [4.69, 9.17) is 13.9 Å². The molecular weight excluding hydrogens is 318 g/mol. The first kappa shape index (κ1) is 16.7. The Bertz CT molecular complexity index is 649. The van der Waals surface area contributed by atoms with E-state index in [-0.39, 0.29) is 5.60 Å². The molecule has 2 aromatic heterocycles. The van der Waals surface area contributed by atoms with Gasteiger partial charge in [-0.15, -0.1) is 0 Å². The standard InChI is InChI=1S/C19H25N3O3/c1-2-18(24-9-1)13-22-8-11-25-19(15-22)14-21(7-10-23-16-19)12-17-3-5-20-6-4-17/h1-6,9H,7-8,10-16H2. The van der Waals surface area contributed by atoms with Crippen LogP contribution in [0, 0.1) is 0 Å². The summed E-state index contributed by atoms with van der Waals surface area (Å²) in [6.07, 6.45) is 5.43. The van der Waals surface area contributed by atoms with Crippen LogP contribution < -0.4 is 0 Å². The van der Waals surface area contributed by atoms with Crippen LogP contribution in [0.4, 0.5) is 0 Å². The van der Waals surface area contributed by atoms with Crippen molar-refractivity contribution >= 4 is 0 Å². The first-order valence-electron chi connectivity index (χ1n) is 8.89. The molecule has 4 heterocycles. The first-order valence-corrected chi connectivity index (χ1v) is 8.89. The molecule has 1 atom stereocenters. The Balaban J connectivity index is 1.43. The summed E-state index contributed by atoms with van der Waals surface area (Å²) in [4.78, 5) is 8.94. The number of nitrogens with zero attached hydrogens (tertiary/aromatic N) is 3. The molecule has 6 nitrogen and oxygen atoms in total. The number of pyridine rings is 1. The third-order valence-corrected chi connectivity index (χ3v) is 4.87. The zero-order valence-corrected chi connectivity index (χ0v) is 14.5. The molecule has 4 rings (SSSR count). The maximum atomic E-state index is 6.25. The van der Waals surface area contributed by atoms with Crippen LogP contribution in [-0.4, -0.2) is 66.4 Å². The van der Waals surface area contributed by atoms with Crippen LogP contribution in [0.25, 0.3) is 0 Å². The molecule has 2 aromatic rings. The van der Waals surface area contributed by atoms with Crippen LogP contribution in [0.3, 0.4) is 0 Å². The van der Waals surface area contributed by atoms with Crippen LogP contribution in [-0.2, 0) is 22.6 Å². The lowest BCUT2D eigenvalue weighted by molar-refractivity contribution is -0.144. The van der Waals surface area contributed by atoms with Gasteiger partial charge in [-0.1, -0.05) is 0 Å². The van der Waals surface area contributed by atoms with Crippen molar-refractivity contribution < 1.29 is 13.9 Å². The second-order valence-electron chi connectivity index (χ2n) is 6.94. The second kappa shape index (κ2) is 7.66. The maximum Gasteiger partial charge on any atom is 0.117 e. The third-order valence-electron chi connectivity index (χ3n) is 4.87. The quantitative estimate of drug-likeness (QED) is 0.843. The number of rotatable bonds is 4. The first-order chi connectivity index (χ1) is 12.3. The third kappa shape index (κ3) is 4.27. The van der Waals surface area contributed by atoms with Gasteiger partial charge in [0.15, 0.2) is 0 Å². The van der Waals surface area contributed by atoms with Gasteiger partial charge < -0.3 is 13.9 Å². The lowest BCUT2D eigenvalue weighted by atomic mass is 10.0. The van der Waals surface area contributed by atoms with Crippen LogP contribution in [0.1, 0.15) is 11.3 Å². The molecule has 1 unspecified atom stereocenters. The number of aromatic nitrogens is 1. The highest BCUT2D eigenvalue weighted by molar-refractivity contribution is 5.10. The van der Waals surface area contributed by atoms with E-state index < -0.39 is 0 Å². The summed E-state index contributed by atoms with van der Waals surface area (Å²) >= 11 is 0. The van der Waals surface area contributed by atoms with Crippen molar-refractivity contribution in [2.24, 2.45) is 0 Å². The molecular formula is C19H25N3O3. The summed E-state index contributed by atoms with van der Waals surface area (Å²) in [7, 11) is 0. The van der Waals surface area contributed by atoms with E-state index in [9.17, 15) is 0 Å². The molecule has 0 amide bonds. The molecule has 134 valence electrons. The number of hydrogen-bond acceptors (Lipinski definition) is 6. The van der Waals surface area contributed by atoms with Gasteiger partial charge in [0.2, 0.25) is 0 Å². The van der Waals surface area contributed by atoms with Gasteiger partial charge >= 0.3 is 0 Å². The second-order valence-corrected chi connectivity index (χ2v) is 6.94. The highest BCUT2D eigenvalue weighted by Gasteiger charge is 2.40. The molecule has 0 bridgehead atoms. The van der Waals surface area contributed by atoms with Crippen LogP contribution in [0.15, 0.2) is 47.3 Å². The van der Waals surface area contributed by atoms with E-state index in [2.05, 4.69) is 26.9 Å². The molecule has 0 aromatic carbocycles. The Morgan fingerprint density at radius 1 is 1.00 bits per heavy atom. The van der Waals surface area contributed by atoms with Gasteiger partial charge in [0.05, 0.1) is 32.6 Å². The van der Waals surface area contributed by atoms with Crippen LogP contribution >= 0.6 is 0 Å². The fourth-order valence-corrected chi connectivity index (χ4v) is 3.73. The van der Waals surface area contributed by atoms with E-state index in [0.717, 1.165) is 58.2 Å². The SMILES string of the molecule is c1coc(CN2CCOC3(COCCN(Cc4ccncc4)C3)C2)c1. The molecule has 0 saturated carbocycles. The highest BCUT2D eigenvalue weighted by Crippen LogP contribution is 2.24. The minimum Gasteiger partial charge on any atom is -0.468 e. The summed E-state index contributed by atoms with van der Waals surface area (Å²) in [6, 6.07) is 8.12. The van der Waals surface area contributed by atoms with Gasteiger partial charge in [-0.2, -0.15) is 0 Å². The number of morpholine rings is 1. The maximum absolute atomic E-state index is 6.25. The van der Waals surface area contributed by atoms with E-state index >= 15 is 0 Å². The molecule has 0 radical (unpaired) electrons. The van der Waals surface area contributed by atoms with E-state index in [1.54, 1.807) is 6.26 Å². The molecule has 0 aliphatic carbocycles. The average Bonchev–Trinajstić information content (AvgIpc) is 3.05. The van der Waals surface area contributed by atoms with Crippen molar-refractivity contribution in [1.29, 1.82) is 0 Å². The van der Waals surface area contributed by atoms with E-state index in [0.29, 0.717) is 6.61 Å². The Hall–Kier alpha value is -1.73. The van der Waals surface area contributed by atoms with Gasteiger partial charge in [0.1, 0.15) is 11.4 Å². The smallest absolute Gasteiger partial charge is 0.117 e. The molecule has 1 spiro atoms. The van der Waals surface area contributed by atoms with Crippen molar-refractivity contribution in [3.63, 3.8) is 0 Å². The lowest BCUT2D eigenvalue weighted by Crippen LogP contribution is -2.58. The minimum absolute atomic E-state index is 0.269. The summed E-state index contributed by atoms with van der Waals surface area (Å²) in [6.45, 7) is 7.43. The van der Waals surface area contributed by atoms with Crippen molar-refractivity contribution in [3.05, 3.63) is 54.2 Å². The van der Waals surface area contributed by atoms with Crippen LogP contribution in [0.5, 0.6) is 0 Å².